The number of rotatable bonds is 0. The van der Waals surface area contributed by atoms with E-state index in [0.717, 1.165) is 19.5 Å². The highest BCUT2D eigenvalue weighted by atomic mass is 35.5. The molecule has 0 bridgehead atoms. The largest absolute Gasteiger partial charge is 0.464 e. The molecule has 2 rings (SSSR count). The lowest BCUT2D eigenvalue weighted by Crippen LogP contribution is -2.45. The van der Waals surface area contributed by atoms with Crippen LogP contribution in [0.3, 0.4) is 0 Å². The number of carbonyl (C=O) groups is 1. The fourth-order valence-corrected chi connectivity index (χ4v) is 2.15. The Kier molecular flexibility index (Phi) is 3.97. The van der Waals surface area contributed by atoms with Gasteiger partial charge in [-0.25, -0.2) is 15.2 Å². The third kappa shape index (κ3) is 2.29. The van der Waals surface area contributed by atoms with Gasteiger partial charge in [-0.15, -0.1) is 12.4 Å². The highest BCUT2D eigenvalue weighted by molar-refractivity contribution is 5.85. The van der Waals surface area contributed by atoms with Gasteiger partial charge in [-0.05, 0) is 25.3 Å². The molecule has 2 aliphatic rings. The summed E-state index contributed by atoms with van der Waals surface area (Å²) in [6.45, 7) is 2.42. The Morgan fingerprint density at radius 2 is 2.21 bits per heavy atom. The second kappa shape index (κ2) is 4.82. The maximum Gasteiger partial charge on any atom is 0.421 e. The number of carboxylic acid groups (broad SMARTS) is 1. The zero-order valence-corrected chi connectivity index (χ0v) is 8.72. The third-order valence-electron chi connectivity index (χ3n) is 2.95. The molecule has 1 amide bonds. The Balaban J connectivity index is 0.000000980. The van der Waals surface area contributed by atoms with E-state index in [0.29, 0.717) is 18.5 Å². The molecule has 14 heavy (non-hydrogen) atoms. The van der Waals surface area contributed by atoms with Gasteiger partial charge >= 0.3 is 6.09 Å². The van der Waals surface area contributed by atoms with Gasteiger partial charge in [0.2, 0.25) is 0 Å². The van der Waals surface area contributed by atoms with E-state index in [-0.39, 0.29) is 12.4 Å². The van der Waals surface area contributed by atoms with E-state index in [1.165, 1.54) is 11.4 Å². The summed E-state index contributed by atoms with van der Waals surface area (Å²) in [6.07, 6.45) is 1.27. The van der Waals surface area contributed by atoms with Crippen LogP contribution in [0, 0.1) is 5.92 Å². The van der Waals surface area contributed by atoms with Gasteiger partial charge in [0.05, 0.1) is 0 Å². The molecule has 2 fully saturated rings. The quantitative estimate of drug-likeness (QED) is 0.550. The number of nitrogens with one attached hydrogen (secondary N) is 2. The lowest BCUT2D eigenvalue weighted by Gasteiger charge is -2.17. The third-order valence-corrected chi connectivity index (χ3v) is 2.95. The zero-order chi connectivity index (χ0) is 9.26. The van der Waals surface area contributed by atoms with E-state index >= 15 is 0 Å². The molecule has 0 aromatic heterocycles. The van der Waals surface area contributed by atoms with Crippen LogP contribution in [0.1, 0.15) is 12.8 Å². The van der Waals surface area contributed by atoms with Gasteiger partial charge in [-0.1, -0.05) is 0 Å². The smallest absolute Gasteiger partial charge is 0.421 e. The van der Waals surface area contributed by atoms with Gasteiger partial charge < -0.3 is 10.4 Å². The molecule has 0 radical (unpaired) electrons. The molecular weight excluding hydrogens is 206 g/mol. The summed E-state index contributed by atoms with van der Waals surface area (Å²) in [7, 11) is 0. The SMILES string of the molecule is Cl.O=C(O)N1CCC2CCNC2CN1. The van der Waals surface area contributed by atoms with Crippen molar-refractivity contribution in [2.24, 2.45) is 5.92 Å². The molecule has 0 aromatic carbocycles. The highest BCUT2D eigenvalue weighted by Gasteiger charge is 2.30. The van der Waals surface area contributed by atoms with Gasteiger partial charge in [0.15, 0.2) is 0 Å². The van der Waals surface area contributed by atoms with Crippen LogP contribution in [0.5, 0.6) is 0 Å². The van der Waals surface area contributed by atoms with E-state index < -0.39 is 6.09 Å². The van der Waals surface area contributed by atoms with E-state index in [4.69, 9.17) is 5.11 Å². The fourth-order valence-electron chi connectivity index (χ4n) is 2.15. The van der Waals surface area contributed by atoms with Crippen molar-refractivity contribution < 1.29 is 9.90 Å². The van der Waals surface area contributed by atoms with Crippen molar-refractivity contribution in [3.05, 3.63) is 0 Å². The summed E-state index contributed by atoms with van der Waals surface area (Å²) in [4.78, 5) is 10.7. The minimum absolute atomic E-state index is 0. The maximum absolute atomic E-state index is 10.7. The van der Waals surface area contributed by atoms with E-state index in [1.54, 1.807) is 0 Å². The second-order valence-corrected chi connectivity index (χ2v) is 3.69. The summed E-state index contributed by atoms with van der Waals surface area (Å²) in [6, 6.07) is 0.462. The Labute approximate surface area is 89.2 Å². The van der Waals surface area contributed by atoms with Crippen LogP contribution in [0.25, 0.3) is 0 Å². The molecule has 6 heteroatoms. The maximum atomic E-state index is 10.7. The summed E-state index contributed by atoms with van der Waals surface area (Å²) < 4.78 is 0. The predicted molar refractivity (Wildman–Crippen MR) is 54.5 cm³/mol. The molecule has 0 saturated carbocycles. The van der Waals surface area contributed by atoms with Gasteiger partial charge in [0.25, 0.3) is 0 Å². The minimum Gasteiger partial charge on any atom is -0.464 e. The number of hydrogen-bond donors (Lipinski definition) is 3. The first-order valence-electron chi connectivity index (χ1n) is 4.75. The summed E-state index contributed by atoms with van der Waals surface area (Å²) in [5, 5.41) is 13.4. The highest BCUT2D eigenvalue weighted by Crippen LogP contribution is 2.21. The Hall–Kier alpha value is -0.520. The molecule has 2 heterocycles. The van der Waals surface area contributed by atoms with Crippen LogP contribution >= 0.6 is 12.4 Å². The van der Waals surface area contributed by atoms with Crippen LogP contribution in [0.15, 0.2) is 0 Å². The van der Waals surface area contributed by atoms with Crippen molar-refractivity contribution in [3.63, 3.8) is 0 Å². The van der Waals surface area contributed by atoms with Crippen LogP contribution in [0.2, 0.25) is 0 Å². The number of amides is 1. The number of fused-ring (bicyclic) bond motifs is 1. The Morgan fingerprint density at radius 1 is 1.43 bits per heavy atom. The van der Waals surface area contributed by atoms with E-state index in [2.05, 4.69) is 10.7 Å². The lowest BCUT2D eigenvalue weighted by molar-refractivity contribution is 0.123. The average Bonchev–Trinajstić information content (AvgIpc) is 2.44. The van der Waals surface area contributed by atoms with E-state index in [1.807, 2.05) is 0 Å². The molecule has 2 saturated heterocycles. The van der Waals surface area contributed by atoms with Crippen LogP contribution in [-0.2, 0) is 0 Å². The van der Waals surface area contributed by atoms with Gasteiger partial charge in [-0.2, -0.15) is 0 Å². The first-order chi connectivity index (χ1) is 6.27. The minimum atomic E-state index is -0.875. The predicted octanol–water partition coefficient (Wildman–Crippen LogP) is 0.275. The molecule has 2 atom stereocenters. The molecule has 3 N–H and O–H groups in total. The monoisotopic (exact) mass is 221 g/mol. The van der Waals surface area contributed by atoms with E-state index in [9.17, 15) is 4.79 Å². The van der Waals surface area contributed by atoms with Crippen molar-refractivity contribution in [3.8, 4) is 0 Å². The van der Waals surface area contributed by atoms with Gasteiger partial charge in [0.1, 0.15) is 0 Å². The van der Waals surface area contributed by atoms with Crippen LogP contribution < -0.4 is 10.7 Å². The first kappa shape index (κ1) is 11.6. The van der Waals surface area contributed by atoms with Crippen molar-refractivity contribution in [2.45, 2.75) is 18.9 Å². The summed E-state index contributed by atoms with van der Waals surface area (Å²) >= 11 is 0. The average molecular weight is 222 g/mol. The Bertz CT molecular complexity index is 201. The summed E-state index contributed by atoms with van der Waals surface area (Å²) in [5.74, 6) is 0.650. The number of hydrogen-bond acceptors (Lipinski definition) is 3. The lowest BCUT2D eigenvalue weighted by atomic mass is 9.98. The molecule has 0 spiro atoms. The van der Waals surface area contributed by atoms with Crippen molar-refractivity contribution in [2.75, 3.05) is 19.6 Å². The number of halogens is 1. The van der Waals surface area contributed by atoms with Crippen molar-refractivity contribution in [1.82, 2.24) is 15.8 Å². The Morgan fingerprint density at radius 3 is 2.93 bits per heavy atom. The standard InChI is InChI=1S/C8H15N3O2.ClH/c12-8(13)11-4-2-6-1-3-9-7(6)5-10-11;/h6-7,9-10H,1-5H2,(H,12,13);1H. The van der Waals surface area contributed by atoms with Crippen LogP contribution in [0.4, 0.5) is 4.79 Å². The molecule has 5 nitrogen and oxygen atoms in total. The zero-order valence-electron chi connectivity index (χ0n) is 7.90. The molecule has 2 aliphatic heterocycles. The molecule has 2 unspecified atom stereocenters. The molecule has 0 aliphatic carbocycles. The second-order valence-electron chi connectivity index (χ2n) is 3.69. The molecule has 82 valence electrons. The van der Waals surface area contributed by atoms with Crippen molar-refractivity contribution in [1.29, 1.82) is 0 Å². The summed E-state index contributed by atoms with van der Waals surface area (Å²) in [5.41, 5.74) is 2.92. The van der Waals surface area contributed by atoms with Crippen LogP contribution in [-0.4, -0.2) is 41.9 Å². The van der Waals surface area contributed by atoms with Gasteiger partial charge in [0, 0.05) is 19.1 Å². The topological polar surface area (TPSA) is 64.6 Å². The normalized spacial score (nSPS) is 31.6. The van der Waals surface area contributed by atoms with Crippen molar-refractivity contribution >= 4 is 18.5 Å². The number of hydrazine groups is 1. The number of nitrogens with zero attached hydrogens (tertiary/aromatic N) is 1. The molecule has 0 aromatic rings. The fraction of sp³-hybridized carbons (Fsp3) is 0.875. The van der Waals surface area contributed by atoms with Gasteiger partial charge in [-0.3, -0.25) is 0 Å². The molecular formula is C8H16ClN3O2. The first-order valence-corrected chi connectivity index (χ1v) is 4.75.